The Bertz CT molecular complexity index is 671. The number of nitrogens with zero attached hydrogens (tertiary/aromatic N) is 2. The molecule has 1 N–H and O–H groups in total. The lowest BCUT2D eigenvalue weighted by Gasteiger charge is -2.23. The Hall–Kier alpha value is -1.90. The molecule has 1 fully saturated rings. The average molecular weight is 395 g/mol. The second kappa shape index (κ2) is 10.6. The van der Waals surface area contributed by atoms with Crippen LogP contribution in [0.4, 0.5) is 4.39 Å². The molecule has 8 heteroatoms. The molecule has 0 radical (unpaired) electrons. The Morgan fingerprint density at radius 2 is 2.29 bits per heavy atom. The highest BCUT2D eigenvalue weighted by Crippen LogP contribution is 2.29. The number of hydrogen-bond donors (Lipinski definition) is 1. The Morgan fingerprint density at radius 1 is 1.39 bits per heavy atom. The van der Waals surface area contributed by atoms with Crippen molar-refractivity contribution in [3.63, 3.8) is 0 Å². The molecule has 28 heavy (non-hydrogen) atoms. The van der Waals surface area contributed by atoms with Gasteiger partial charge in [-0.1, -0.05) is 0 Å². The molecule has 1 atom stereocenters. The second-order valence-electron chi connectivity index (χ2n) is 7.06. The lowest BCUT2D eigenvalue weighted by molar-refractivity contribution is -0.0172. The van der Waals surface area contributed by atoms with E-state index in [1.807, 2.05) is 0 Å². The monoisotopic (exact) mass is 395 g/mol. The van der Waals surface area contributed by atoms with Crippen LogP contribution < -0.4 is 10.1 Å². The summed E-state index contributed by atoms with van der Waals surface area (Å²) in [6.07, 6.45) is 1.73. The van der Waals surface area contributed by atoms with Crippen molar-refractivity contribution in [2.75, 3.05) is 60.4 Å². The molecule has 156 valence electrons. The SMILES string of the molecule is CN=C(NCCc1cc(F)cc2c1OCOC2)N1CCC(COCCOC)C1. The highest BCUT2D eigenvalue weighted by atomic mass is 19.1. The first-order chi connectivity index (χ1) is 13.7. The summed E-state index contributed by atoms with van der Waals surface area (Å²) in [4.78, 5) is 6.64. The molecule has 1 aromatic rings. The van der Waals surface area contributed by atoms with E-state index < -0.39 is 0 Å². The minimum Gasteiger partial charge on any atom is -0.467 e. The van der Waals surface area contributed by atoms with Crippen molar-refractivity contribution in [2.24, 2.45) is 10.9 Å². The molecule has 2 heterocycles. The normalized spacial score (nSPS) is 19.5. The van der Waals surface area contributed by atoms with Gasteiger partial charge in [-0.15, -0.1) is 0 Å². The van der Waals surface area contributed by atoms with Gasteiger partial charge in [0.2, 0.25) is 0 Å². The molecule has 2 aliphatic rings. The molecular formula is C20H30FN3O4. The van der Waals surface area contributed by atoms with Crippen molar-refractivity contribution in [1.82, 2.24) is 10.2 Å². The molecule has 0 aromatic heterocycles. The first kappa shape index (κ1) is 20.8. The zero-order valence-corrected chi connectivity index (χ0v) is 16.7. The maximum absolute atomic E-state index is 13.9. The van der Waals surface area contributed by atoms with E-state index in [2.05, 4.69) is 15.2 Å². The molecule has 7 nitrogen and oxygen atoms in total. The molecule has 3 rings (SSSR count). The van der Waals surface area contributed by atoms with E-state index >= 15 is 0 Å². The quantitative estimate of drug-likeness (QED) is 0.411. The van der Waals surface area contributed by atoms with E-state index in [1.54, 1.807) is 14.2 Å². The van der Waals surface area contributed by atoms with Gasteiger partial charge in [0.25, 0.3) is 0 Å². The van der Waals surface area contributed by atoms with E-state index in [9.17, 15) is 4.39 Å². The summed E-state index contributed by atoms with van der Waals surface area (Å²) in [6.45, 7) is 5.11. The van der Waals surface area contributed by atoms with Crippen LogP contribution in [0.1, 0.15) is 17.5 Å². The van der Waals surface area contributed by atoms with Gasteiger partial charge in [-0.3, -0.25) is 4.99 Å². The zero-order chi connectivity index (χ0) is 19.8. The van der Waals surface area contributed by atoms with E-state index in [-0.39, 0.29) is 12.6 Å². The van der Waals surface area contributed by atoms with Crippen LogP contribution >= 0.6 is 0 Å². The molecule has 0 aliphatic carbocycles. The molecule has 0 saturated carbocycles. The van der Waals surface area contributed by atoms with Crippen LogP contribution in [0.5, 0.6) is 5.75 Å². The van der Waals surface area contributed by atoms with Gasteiger partial charge in [0.15, 0.2) is 12.8 Å². The molecule has 1 saturated heterocycles. The number of benzene rings is 1. The van der Waals surface area contributed by atoms with E-state index in [0.29, 0.717) is 38.7 Å². The van der Waals surface area contributed by atoms with Gasteiger partial charge in [-0.2, -0.15) is 0 Å². The minimum atomic E-state index is -0.261. The Balaban J connectivity index is 1.47. The summed E-state index contributed by atoms with van der Waals surface area (Å²) < 4.78 is 35.3. The molecule has 0 amide bonds. The van der Waals surface area contributed by atoms with E-state index in [0.717, 1.165) is 49.0 Å². The van der Waals surface area contributed by atoms with Crippen molar-refractivity contribution in [3.8, 4) is 5.75 Å². The van der Waals surface area contributed by atoms with E-state index in [1.165, 1.54) is 12.1 Å². The molecule has 1 unspecified atom stereocenters. The molecule has 1 aromatic carbocycles. The van der Waals surface area contributed by atoms with Crippen LogP contribution in [-0.4, -0.2) is 71.3 Å². The third-order valence-corrected chi connectivity index (χ3v) is 5.01. The zero-order valence-electron chi connectivity index (χ0n) is 16.7. The predicted octanol–water partition coefficient (Wildman–Crippen LogP) is 1.79. The largest absolute Gasteiger partial charge is 0.467 e. The third-order valence-electron chi connectivity index (χ3n) is 5.01. The number of rotatable bonds is 8. The molecule has 2 aliphatic heterocycles. The lowest BCUT2D eigenvalue weighted by atomic mass is 10.1. The van der Waals surface area contributed by atoms with Gasteiger partial charge in [-0.25, -0.2) is 4.39 Å². The summed E-state index contributed by atoms with van der Waals surface area (Å²) in [5.41, 5.74) is 1.62. The second-order valence-corrected chi connectivity index (χ2v) is 7.06. The predicted molar refractivity (Wildman–Crippen MR) is 104 cm³/mol. The van der Waals surface area contributed by atoms with Gasteiger partial charge in [-0.05, 0) is 30.5 Å². The van der Waals surface area contributed by atoms with Crippen LogP contribution in [0.15, 0.2) is 17.1 Å². The number of likely N-dealkylation sites (tertiary alicyclic amines) is 1. The minimum absolute atomic E-state index is 0.211. The fraction of sp³-hybridized carbons (Fsp3) is 0.650. The number of nitrogens with one attached hydrogen (secondary N) is 1. The van der Waals surface area contributed by atoms with Gasteiger partial charge >= 0.3 is 0 Å². The smallest absolute Gasteiger partial charge is 0.193 e. The number of halogens is 1. The van der Waals surface area contributed by atoms with Gasteiger partial charge < -0.3 is 29.2 Å². The van der Waals surface area contributed by atoms with Crippen LogP contribution in [0.25, 0.3) is 0 Å². The Morgan fingerprint density at radius 3 is 3.11 bits per heavy atom. The number of methoxy groups -OCH3 is 1. The topological polar surface area (TPSA) is 64.6 Å². The Kier molecular flexibility index (Phi) is 7.88. The number of aliphatic imine (C=N–C) groups is 1. The first-order valence-corrected chi connectivity index (χ1v) is 9.75. The summed E-state index contributed by atoms with van der Waals surface area (Å²) in [7, 11) is 3.46. The number of hydrogen-bond acceptors (Lipinski definition) is 5. The van der Waals surface area contributed by atoms with Gasteiger partial charge in [0.1, 0.15) is 11.6 Å². The van der Waals surface area contributed by atoms with Crippen LogP contribution in [0.2, 0.25) is 0 Å². The van der Waals surface area contributed by atoms with Crippen molar-refractivity contribution in [2.45, 2.75) is 19.4 Å². The van der Waals surface area contributed by atoms with Crippen LogP contribution in [-0.2, 0) is 27.2 Å². The number of ether oxygens (including phenoxy) is 4. The summed E-state index contributed by atoms with van der Waals surface area (Å²) in [6, 6.07) is 3.02. The van der Waals surface area contributed by atoms with Crippen molar-refractivity contribution >= 4 is 5.96 Å². The third kappa shape index (κ3) is 5.56. The summed E-state index contributed by atoms with van der Waals surface area (Å²) in [5.74, 6) is 1.86. The fourth-order valence-electron chi connectivity index (χ4n) is 3.64. The molecular weight excluding hydrogens is 365 g/mol. The van der Waals surface area contributed by atoms with Crippen molar-refractivity contribution < 1.29 is 23.3 Å². The summed E-state index contributed by atoms with van der Waals surface area (Å²) in [5, 5.41) is 3.39. The van der Waals surface area contributed by atoms with Crippen molar-refractivity contribution in [1.29, 1.82) is 0 Å². The number of fused-ring (bicyclic) bond motifs is 1. The van der Waals surface area contributed by atoms with Crippen LogP contribution in [0.3, 0.4) is 0 Å². The lowest BCUT2D eigenvalue weighted by Crippen LogP contribution is -2.41. The first-order valence-electron chi connectivity index (χ1n) is 9.75. The highest BCUT2D eigenvalue weighted by molar-refractivity contribution is 5.80. The average Bonchev–Trinajstić information content (AvgIpc) is 3.17. The van der Waals surface area contributed by atoms with E-state index in [4.69, 9.17) is 18.9 Å². The highest BCUT2D eigenvalue weighted by Gasteiger charge is 2.25. The summed E-state index contributed by atoms with van der Waals surface area (Å²) >= 11 is 0. The van der Waals surface area contributed by atoms with Gasteiger partial charge in [0.05, 0.1) is 26.4 Å². The fourth-order valence-corrected chi connectivity index (χ4v) is 3.64. The van der Waals surface area contributed by atoms with Crippen LogP contribution in [0, 0.1) is 11.7 Å². The maximum Gasteiger partial charge on any atom is 0.193 e. The molecule has 0 bridgehead atoms. The van der Waals surface area contributed by atoms with Crippen molar-refractivity contribution in [3.05, 3.63) is 29.1 Å². The van der Waals surface area contributed by atoms with Gasteiger partial charge in [0, 0.05) is 45.3 Å². The molecule has 0 spiro atoms. The Labute approximate surface area is 165 Å². The maximum atomic E-state index is 13.9. The number of guanidine groups is 1. The standard InChI is InChI=1S/C20H30FN3O4/c1-22-20(24-6-4-15(11-24)12-26-8-7-25-2)23-5-3-16-9-18(21)10-17-13-27-14-28-19(16)17/h9-10,15H,3-8,11-14H2,1-2H3,(H,22,23).